The van der Waals surface area contributed by atoms with Gasteiger partial charge in [0.25, 0.3) is 0 Å². The summed E-state index contributed by atoms with van der Waals surface area (Å²) in [6.45, 7) is 3.09. The molecule has 1 atom stereocenters. The molecule has 1 unspecified atom stereocenters. The minimum absolute atomic E-state index is 0.561. The monoisotopic (exact) mass is 269 g/mol. The normalized spacial score (nSPS) is 23.3. The van der Waals surface area contributed by atoms with Crippen LogP contribution in [0.3, 0.4) is 0 Å². The third-order valence-electron chi connectivity index (χ3n) is 4.32. The van der Waals surface area contributed by atoms with E-state index in [9.17, 15) is 0 Å². The summed E-state index contributed by atoms with van der Waals surface area (Å²) in [5, 5.41) is 4.21. The molecule has 1 saturated carbocycles. The van der Waals surface area contributed by atoms with Gasteiger partial charge >= 0.3 is 0 Å². The molecule has 4 nitrogen and oxygen atoms in total. The molecule has 0 aromatic carbocycles. The minimum atomic E-state index is 0.561. The van der Waals surface area contributed by atoms with E-state index in [1.165, 1.54) is 25.0 Å². The third kappa shape index (κ3) is 2.48. The lowest BCUT2D eigenvalue weighted by atomic mass is 10.0. The second kappa shape index (κ2) is 5.02. The van der Waals surface area contributed by atoms with Crippen LogP contribution in [0.1, 0.15) is 48.2 Å². The van der Waals surface area contributed by atoms with E-state index in [0.29, 0.717) is 11.8 Å². The van der Waals surface area contributed by atoms with E-state index in [-0.39, 0.29) is 0 Å². The average Bonchev–Trinajstić information content (AvgIpc) is 3.06. The highest BCUT2D eigenvalue weighted by Crippen LogP contribution is 2.40. The van der Waals surface area contributed by atoms with Crippen LogP contribution in [0.25, 0.3) is 0 Å². The first-order valence-electron chi connectivity index (χ1n) is 7.47. The number of aromatic nitrogens is 2. The van der Waals surface area contributed by atoms with Crippen molar-refractivity contribution in [3.8, 4) is 0 Å². The number of likely N-dealkylation sites (tertiary alicyclic amines) is 1. The Morgan fingerprint density at radius 1 is 1.20 bits per heavy atom. The fraction of sp³-hybridized carbons (Fsp3) is 0.500. The van der Waals surface area contributed by atoms with Crippen molar-refractivity contribution in [2.24, 2.45) is 0 Å². The van der Waals surface area contributed by atoms with Crippen molar-refractivity contribution in [3.05, 3.63) is 47.6 Å². The summed E-state index contributed by atoms with van der Waals surface area (Å²) < 4.78 is 5.42. The lowest BCUT2D eigenvalue weighted by molar-refractivity contribution is 0.306. The van der Waals surface area contributed by atoms with Crippen molar-refractivity contribution in [1.29, 1.82) is 0 Å². The van der Waals surface area contributed by atoms with Crippen molar-refractivity contribution in [1.82, 2.24) is 15.0 Å². The van der Waals surface area contributed by atoms with Crippen LogP contribution in [0.15, 0.2) is 35.0 Å². The van der Waals surface area contributed by atoms with Crippen molar-refractivity contribution in [2.45, 2.75) is 37.6 Å². The van der Waals surface area contributed by atoms with Crippen LogP contribution >= 0.6 is 0 Å². The molecule has 20 heavy (non-hydrogen) atoms. The Bertz CT molecular complexity index is 576. The first-order chi connectivity index (χ1) is 9.88. The number of hydrogen-bond donors (Lipinski definition) is 0. The molecule has 104 valence electrons. The van der Waals surface area contributed by atoms with Gasteiger partial charge in [-0.1, -0.05) is 11.2 Å². The lowest BCUT2D eigenvalue weighted by Gasteiger charge is -2.13. The van der Waals surface area contributed by atoms with Crippen molar-refractivity contribution >= 4 is 0 Å². The molecule has 3 heterocycles. The van der Waals surface area contributed by atoms with E-state index in [2.05, 4.69) is 33.2 Å². The zero-order chi connectivity index (χ0) is 13.4. The largest absolute Gasteiger partial charge is 0.361 e. The molecule has 1 saturated heterocycles. The molecule has 2 aromatic heterocycles. The van der Waals surface area contributed by atoms with Crippen LogP contribution < -0.4 is 0 Å². The van der Waals surface area contributed by atoms with Gasteiger partial charge in [-0.15, -0.1) is 0 Å². The maximum absolute atomic E-state index is 5.42. The van der Waals surface area contributed by atoms with Gasteiger partial charge in [0.2, 0.25) is 0 Å². The highest BCUT2D eigenvalue weighted by molar-refractivity contribution is 5.15. The molecule has 0 N–H and O–H groups in total. The minimum Gasteiger partial charge on any atom is -0.361 e. The summed E-state index contributed by atoms with van der Waals surface area (Å²) >= 11 is 0. The maximum Gasteiger partial charge on any atom is 0.140 e. The van der Waals surface area contributed by atoms with Gasteiger partial charge in [0, 0.05) is 42.9 Å². The smallest absolute Gasteiger partial charge is 0.140 e. The fourth-order valence-corrected chi connectivity index (χ4v) is 3.03. The molecule has 0 radical (unpaired) electrons. The molecule has 4 heteroatoms. The molecule has 4 rings (SSSR count). The Labute approximate surface area is 118 Å². The van der Waals surface area contributed by atoms with Gasteiger partial charge in [-0.25, -0.2) is 0 Å². The van der Waals surface area contributed by atoms with Crippen molar-refractivity contribution in [3.63, 3.8) is 0 Å². The highest BCUT2D eigenvalue weighted by Gasteiger charge is 2.29. The van der Waals surface area contributed by atoms with E-state index in [4.69, 9.17) is 4.52 Å². The molecule has 1 aliphatic carbocycles. The third-order valence-corrected chi connectivity index (χ3v) is 4.32. The standard InChI is InChI=1S/C16H19N3O/c1-2-7-17-15(3-1)13-6-8-19(10-13)11-14-9-16(20-18-14)12-4-5-12/h1-3,7,9,12-13H,4-6,8,10-11H2. The molecular weight excluding hydrogens is 250 g/mol. The summed E-state index contributed by atoms with van der Waals surface area (Å²) in [6.07, 6.45) is 5.60. The van der Waals surface area contributed by atoms with Crippen molar-refractivity contribution < 1.29 is 4.52 Å². The van der Waals surface area contributed by atoms with E-state index >= 15 is 0 Å². The zero-order valence-corrected chi connectivity index (χ0v) is 11.5. The first-order valence-corrected chi connectivity index (χ1v) is 7.47. The van der Waals surface area contributed by atoms with Crippen LogP contribution in [0, 0.1) is 0 Å². The number of nitrogens with zero attached hydrogens (tertiary/aromatic N) is 3. The summed E-state index contributed by atoms with van der Waals surface area (Å²) in [4.78, 5) is 6.93. The molecule has 0 amide bonds. The Morgan fingerprint density at radius 3 is 2.95 bits per heavy atom. The van der Waals surface area contributed by atoms with Crippen LogP contribution in [0.4, 0.5) is 0 Å². The first kappa shape index (κ1) is 12.1. The topological polar surface area (TPSA) is 42.2 Å². The van der Waals surface area contributed by atoms with Gasteiger partial charge in [0.15, 0.2) is 0 Å². The van der Waals surface area contributed by atoms with Gasteiger partial charge in [0.1, 0.15) is 5.76 Å². The Morgan fingerprint density at radius 2 is 2.15 bits per heavy atom. The quantitative estimate of drug-likeness (QED) is 0.856. The van der Waals surface area contributed by atoms with E-state index < -0.39 is 0 Å². The van der Waals surface area contributed by atoms with Gasteiger partial charge in [-0.2, -0.15) is 0 Å². The highest BCUT2D eigenvalue weighted by atomic mass is 16.5. The Kier molecular flexibility index (Phi) is 3.03. The van der Waals surface area contributed by atoms with Gasteiger partial charge in [-0.3, -0.25) is 9.88 Å². The average molecular weight is 269 g/mol. The number of hydrogen-bond acceptors (Lipinski definition) is 4. The zero-order valence-electron chi connectivity index (χ0n) is 11.5. The Hall–Kier alpha value is -1.68. The predicted molar refractivity (Wildman–Crippen MR) is 75.4 cm³/mol. The fourth-order valence-electron chi connectivity index (χ4n) is 3.03. The number of pyridine rings is 1. The van der Waals surface area contributed by atoms with Gasteiger partial charge in [-0.05, 0) is 37.9 Å². The number of rotatable bonds is 4. The lowest BCUT2D eigenvalue weighted by Crippen LogP contribution is -2.20. The second-order valence-corrected chi connectivity index (χ2v) is 5.97. The maximum atomic E-state index is 5.42. The summed E-state index contributed by atoms with van der Waals surface area (Å²) in [5.41, 5.74) is 2.29. The molecule has 2 aromatic rings. The Balaban J connectivity index is 1.38. The van der Waals surface area contributed by atoms with Crippen LogP contribution in [-0.2, 0) is 6.54 Å². The van der Waals surface area contributed by atoms with E-state index in [1.807, 2.05) is 12.3 Å². The molecule has 0 spiro atoms. The van der Waals surface area contributed by atoms with Gasteiger partial charge < -0.3 is 4.52 Å². The molecule has 2 aliphatic rings. The molecule has 1 aliphatic heterocycles. The summed E-state index contributed by atoms with van der Waals surface area (Å²) in [5.74, 6) is 2.29. The van der Waals surface area contributed by atoms with E-state index in [0.717, 1.165) is 31.1 Å². The summed E-state index contributed by atoms with van der Waals surface area (Å²) in [6, 6.07) is 8.33. The van der Waals surface area contributed by atoms with Crippen molar-refractivity contribution in [2.75, 3.05) is 13.1 Å². The van der Waals surface area contributed by atoms with Crippen LogP contribution in [0.5, 0.6) is 0 Å². The molecule has 2 fully saturated rings. The predicted octanol–water partition coefficient (Wildman–Crippen LogP) is 2.94. The second-order valence-electron chi connectivity index (χ2n) is 5.97. The van der Waals surface area contributed by atoms with Gasteiger partial charge in [0.05, 0.1) is 5.69 Å². The van der Waals surface area contributed by atoms with Crippen LogP contribution in [-0.4, -0.2) is 28.1 Å². The SMILES string of the molecule is c1ccc(C2CCN(Cc3cc(C4CC4)on3)C2)nc1. The van der Waals surface area contributed by atoms with E-state index in [1.54, 1.807) is 0 Å². The van der Waals surface area contributed by atoms with Crippen LogP contribution in [0.2, 0.25) is 0 Å². The summed E-state index contributed by atoms with van der Waals surface area (Å²) in [7, 11) is 0. The molecular formula is C16H19N3O. The molecule has 0 bridgehead atoms.